The van der Waals surface area contributed by atoms with Crippen LogP contribution >= 0.6 is 11.6 Å². The molecule has 6 nitrogen and oxygen atoms in total. The van der Waals surface area contributed by atoms with Gasteiger partial charge in [-0.05, 0) is 24.3 Å². The Morgan fingerprint density at radius 2 is 2.04 bits per heavy atom. The zero-order chi connectivity index (χ0) is 16.5. The lowest BCUT2D eigenvalue weighted by Crippen LogP contribution is -2.15. The molecule has 1 aromatic heterocycles. The van der Waals surface area contributed by atoms with Crippen molar-refractivity contribution in [1.82, 2.24) is 9.78 Å². The predicted octanol–water partition coefficient (Wildman–Crippen LogP) is 3.45. The van der Waals surface area contributed by atoms with Crippen molar-refractivity contribution in [3.63, 3.8) is 0 Å². The van der Waals surface area contributed by atoms with E-state index in [4.69, 9.17) is 21.1 Å². The fraction of sp³-hybridized carbons (Fsp3) is 0.176. The summed E-state index contributed by atoms with van der Waals surface area (Å²) < 4.78 is 12.3. The highest BCUT2D eigenvalue weighted by Crippen LogP contribution is 2.34. The fourth-order valence-electron chi connectivity index (χ4n) is 2.66. The third-order valence-corrected chi connectivity index (χ3v) is 4.10. The van der Waals surface area contributed by atoms with Crippen LogP contribution in [0.3, 0.4) is 0 Å². The number of aromatic nitrogens is 2. The van der Waals surface area contributed by atoms with Gasteiger partial charge in [0.1, 0.15) is 0 Å². The van der Waals surface area contributed by atoms with Gasteiger partial charge in [-0.15, -0.1) is 0 Å². The monoisotopic (exact) mass is 343 g/mol. The van der Waals surface area contributed by atoms with Crippen molar-refractivity contribution >= 4 is 34.1 Å². The number of nitrogens with zero attached hydrogens (tertiary/aromatic N) is 2. The number of amides is 1. The Kier molecular flexibility index (Phi) is 3.74. The average molecular weight is 344 g/mol. The molecule has 0 saturated heterocycles. The molecule has 4 rings (SSSR count). The number of para-hydroxylation sites is 1. The molecule has 0 saturated carbocycles. The summed E-state index contributed by atoms with van der Waals surface area (Å²) in [6.07, 6.45) is 0.288. The molecule has 1 N–H and O–H groups in total. The lowest BCUT2D eigenvalue weighted by atomic mass is 10.2. The lowest BCUT2D eigenvalue weighted by molar-refractivity contribution is -0.116. The minimum atomic E-state index is -0.107. The highest BCUT2D eigenvalue weighted by Gasteiger charge is 2.14. The highest BCUT2D eigenvalue weighted by molar-refractivity contribution is 6.34. The summed E-state index contributed by atoms with van der Waals surface area (Å²) in [5.74, 6) is 1.22. The lowest BCUT2D eigenvalue weighted by Gasteiger charge is -2.07. The summed E-state index contributed by atoms with van der Waals surface area (Å²) in [5, 5.41) is 8.46. The third kappa shape index (κ3) is 2.76. The molecule has 1 aliphatic heterocycles. The van der Waals surface area contributed by atoms with Gasteiger partial charge < -0.3 is 14.8 Å². The summed E-state index contributed by atoms with van der Waals surface area (Å²) in [7, 11) is 0. The molecule has 3 aromatic rings. The molecule has 7 heteroatoms. The first-order valence-electron chi connectivity index (χ1n) is 7.51. The molecular weight excluding hydrogens is 330 g/mol. The van der Waals surface area contributed by atoms with Crippen LogP contribution in [0.2, 0.25) is 5.15 Å². The van der Waals surface area contributed by atoms with E-state index in [2.05, 4.69) is 10.4 Å². The number of rotatable bonds is 4. The van der Waals surface area contributed by atoms with Crippen LogP contribution in [0.25, 0.3) is 10.9 Å². The van der Waals surface area contributed by atoms with E-state index in [1.165, 1.54) is 0 Å². The number of hydrogen-bond donors (Lipinski definition) is 1. The van der Waals surface area contributed by atoms with Gasteiger partial charge in [0.05, 0.1) is 12.1 Å². The zero-order valence-corrected chi connectivity index (χ0v) is 13.4. The molecule has 0 aliphatic carbocycles. The number of carbonyl (C=O) groups is 1. The second-order valence-corrected chi connectivity index (χ2v) is 5.76. The van der Waals surface area contributed by atoms with E-state index >= 15 is 0 Å². The molecule has 24 heavy (non-hydrogen) atoms. The summed E-state index contributed by atoms with van der Waals surface area (Å²) in [6.45, 7) is 0.656. The van der Waals surface area contributed by atoms with Crippen LogP contribution in [0.4, 0.5) is 5.69 Å². The molecule has 0 unspecified atom stereocenters. The maximum atomic E-state index is 12.2. The molecule has 2 aromatic carbocycles. The normalized spacial score (nSPS) is 12.5. The topological polar surface area (TPSA) is 65.4 Å². The minimum absolute atomic E-state index is 0.107. The number of fused-ring (bicyclic) bond motifs is 2. The van der Waals surface area contributed by atoms with E-state index in [1.807, 2.05) is 24.3 Å². The van der Waals surface area contributed by atoms with Gasteiger partial charge in [0.25, 0.3) is 0 Å². The van der Waals surface area contributed by atoms with Gasteiger partial charge in [0, 0.05) is 23.6 Å². The number of benzene rings is 2. The van der Waals surface area contributed by atoms with Crippen molar-refractivity contribution < 1.29 is 14.3 Å². The van der Waals surface area contributed by atoms with Crippen molar-refractivity contribution in [3.8, 4) is 11.5 Å². The van der Waals surface area contributed by atoms with E-state index in [1.54, 1.807) is 22.9 Å². The maximum Gasteiger partial charge on any atom is 0.231 e. The number of carbonyl (C=O) groups excluding carboxylic acids is 1. The quantitative estimate of drug-likeness (QED) is 0.788. The van der Waals surface area contributed by atoms with Crippen LogP contribution in [0, 0.1) is 0 Å². The third-order valence-electron chi connectivity index (χ3n) is 3.82. The Bertz CT molecular complexity index is 923. The number of ether oxygens (including phenoxy) is 2. The van der Waals surface area contributed by atoms with E-state index in [-0.39, 0.29) is 19.1 Å². The Hall–Kier alpha value is -2.73. The Morgan fingerprint density at radius 3 is 2.96 bits per heavy atom. The number of hydrogen-bond acceptors (Lipinski definition) is 4. The van der Waals surface area contributed by atoms with Gasteiger partial charge in [0.15, 0.2) is 16.7 Å². The van der Waals surface area contributed by atoms with Crippen molar-refractivity contribution in [3.05, 3.63) is 47.6 Å². The van der Waals surface area contributed by atoms with Crippen LogP contribution in [0.1, 0.15) is 6.42 Å². The number of anilines is 1. The molecule has 1 aliphatic rings. The molecule has 2 heterocycles. The van der Waals surface area contributed by atoms with E-state index < -0.39 is 0 Å². The van der Waals surface area contributed by atoms with Crippen LogP contribution < -0.4 is 14.8 Å². The Balaban J connectivity index is 1.43. The Morgan fingerprint density at radius 1 is 1.21 bits per heavy atom. The van der Waals surface area contributed by atoms with Gasteiger partial charge in [-0.25, -0.2) is 0 Å². The standard InChI is InChI=1S/C17H14ClN3O3/c18-17-12-3-1-2-4-13(12)21(20-17)8-7-16(22)19-11-5-6-14-15(9-11)24-10-23-14/h1-6,9H,7-8,10H2,(H,19,22). The molecule has 0 fully saturated rings. The summed E-state index contributed by atoms with van der Waals surface area (Å²) in [5.41, 5.74) is 1.59. The molecule has 0 bridgehead atoms. The van der Waals surface area contributed by atoms with Gasteiger partial charge in [0.2, 0.25) is 12.7 Å². The van der Waals surface area contributed by atoms with Crippen molar-refractivity contribution in [1.29, 1.82) is 0 Å². The largest absolute Gasteiger partial charge is 0.454 e. The maximum absolute atomic E-state index is 12.2. The molecule has 1 amide bonds. The molecular formula is C17H14ClN3O3. The first-order chi connectivity index (χ1) is 11.7. The summed E-state index contributed by atoms with van der Waals surface area (Å²) >= 11 is 6.12. The average Bonchev–Trinajstić information content (AvgIpc) is 3.18. The smallest absolute Gasteiger partial charge is 0.231 e. The van der Waals surface area contributed by atoms with Gasteiger partial charge >= 0.3 is 0 Å². The van der Waals surface area contributed by atoms with Gasteiger partial charge in [-0.2, -0.15) is 5.10 Å². The summed E-state index contributed by atoms with van der Waals surface area (Å²) in [6, 6.07) is 13.0. The zero-order valence-electron chi connectivity index (χ0n) is 12.7. The molecule has 122 valence electrons. The molecule has 0 atom stereocenters. The summed E-state index contributed by atoms with van der Waals surface area (Å²) in [4.78, 5) is 12.2. The fourth-order valence-corrected chi connectivity index (χ4v) is 2.91. The SMILES string of the molecule is O=C(CCn1nc(Cl)c2ccccc21)Nc1ccc2c(c1)OCO2. The van der Waals surface area contributed by atoms with Gasteiger partial charge in [-0.1, -0.05) is 23.7 Å². The molecule has 0 spiro atoms. The second kappa shape index (κ2) is 6.05. The minimum Gasteiger partial charge on any atom is -0.454 e. The Labute approximate surface area is 142 Å². The number of halogens is 1. The second-order valence-electron chi connectivity index (χ2n) is 5.40. The highest BCUT2D eigenvalue weighted by atomic mass is 35.5. The van der Waals surface area contributed by atoms with Crippen LogP contribution in [0.5, 0.6) is 11.5 Å². The van der Waals surface area contributed by atoms with Crippen molar-refractivity contribution in [2.45, 2.75) is 13.0 Å². The number of aryl methyl sites for hydroxylation is 1. The van der Waals surface area contributed by atoms with Crippen molar-refractivity contribution in [2.24, 2.45) is 0 Å². The molecule has 0 radical (unpaired) electrons. The first kappa shape index (κ1) is 14.8. The van der Waals surface area contributed by atoms with Crippen LogP contribution in [-0.2, 0) is 11.3 Å². The van der Waals surface area contributed by atoms with E-state index in [9.17, 15) is 4.79 Å². The van der Waals surface area contributed by atoms with Crippen LogP contribution in [0.15, 0.2) is 42.5 Å². The predicted molar refractivity (Wildman–Crippen MR) is 90.6 cm³/mol. The van der Waals surface area contributed by atoms with Crippen LogP contribution in [-0.4, -0.2) is 22.5 Å². The number of nitrogens with one attached hydrogen (secondary N) is 1. The van der Waals surface area contributed by atoms with Crippen molar-refractivity contribution in [2.75, 3.05) is 12.1 Å². The first-order valence-corrected chi connectivity index (χ1v) is 7.89. The van der Waals surface area contributed by atoms with E-state index in [0.717, 1.165) is 10.9 Å². The van der Waals surface area contributed by atoms with E-state index in [0.29, 0.717) is 28.9 Å². The van der Waals surface area contributed by atoms with Gasteiger partial charge in [-0.3, -0.25) is 9.48 Å².